The standard InChI is InChI=1S/C15H12BrN3O/c1-18-15(20)11(10-17)9-14-3-2-8-19(14)13-6-4-12(16)5-7-13/h2-9H,1H3,(H,18,20)/b11-9+. The van der Waals surface area contributed by atoms with Crippen LogP contribution in [-0.2, 0) is 4.79 Å². The molecule has 100 valence electrons. The summed E-state index contributed by atoms with van der Waals surface area (Å²) in [5.41, 5.74) is 1.80. The normalized spacial score (nSPS) is 10.9. The fourth-order valence-electron chi connectivity index (χ4n) is 1.78. The summed E-state index contributed by atoms with van der Waals surface area (Å²) in [6, 6.07) is 13.4. The average Bonchev–Trinajstić information content (AvgIpc) is 2.93. The van der Waals surface area contributed by atoms with E-state index >= 15 is 0 Å². The van der Waals surface area contributed by atoms with Crippen molar-refractivity contribution in [3.63, 3.8) is 0 Å². The van der Waals surface area contributed by atoms with Crippen LogP contribution in [0.4, 0.5) is 0 Å². The van der Waals surface area contributed by atoms with Crippen LogP contribution in [0.15, 0.2) is 52.6 Å². The number of nitrogens with one attached hydrogen (secondary N) is 1. The molecular weight excluding hydrogens is 318 g/mol. The van der Waals surface area contributed by atoms with Gasteiger partial charge in [-0.25, -0.2) is 0 Å². The number of rotatable bonds is 3. The Morgan fingerprint density at radius 3 is 2.65 bits per heavy atom. The van der Waals surface area contributed by atoms with Crippen LogP contribution in [0.5, 0.6) is 0 Å². The lowest BCUT2D eigenvalue weighted by atomic mass is 10.2. The summed E-state index contributed by atoms with van der Waals surface area (Å²) >= 11 is 3.39. The van der Waals surface area contributed by atoms with Crippen molar-refractivity contribution in [3.8, 4) is 11.8 Å². The Balaban J connectivity index is 2.43. The SMILES string of the molecule is CNC(=O)/C(C#N)=C/c1cccn1-c1ccc(Br)cc1. The van der Waals surface area contributed by atoms with E-state index in [1.807, 2.05) is 53.2 Å². The van der Waals surface area contributed by atoms with E-state index in [9.17, 15) is 4.79 Å². The van der Waals surface area contributed by atoms with Gasteiger partial charge in [0.05, 0.1) is 0 Å². The number of hydrogen-bond acceptors (Lipinski definition) is 2. The van der Waals surface area contributed by atoms with Gasteiger partial charge in [0, 0.05) is 29.1 Å². The number of amides is 1. The van der Waals surface area contributed by atoms with Gasteiger partial charge in [-0.1, -0.05) is 15.9 Å². The molecule has 20 heavy (non-hydrogen) atoms. The van der Waals surface area contributed by atoms with Gasteiger partial charge in [0.1, 0.15) is 11.6 Å². The first-order valence-electron chi connectivity index (χ1n) is 5.93. The number of carbonyl (C=O) groups is 1. The van der Waals surface area contributed by atoms with E-state index in [4.69, 9.17) is 5.26 Å². The predicted octanol–water partition coefficient (Wildman–Crippen LogP) is 2.89. The van der Waals surface area contributed by atoms with E-state index in [-0.39, 0.29) is 5.57 Å². The zero-order chi connectivity index (χ0) is 14.5. The molecule has 1 heterocycles. The van der Waals surface area contributed by atoms with E-state index in [0.29, 0.717) is 0 Å². The van der Waals surface area contributed by atoms with Crippen LogP contribution in [0.3, 0.4) is 0 Å². The monoisotopic (exact) mass is 329 g/mol. The van der Waals surface area contributed by atoms with Crippen LogP contribution in [0.1, 0.15) is 5.69 Å². The Bertz CT molecular complexity index is 693. The lowest BCUT2D eigenvalue weighted by Crippen LogP contribution is -2.19. The molecule has 0 aliphatic heterocycles. The Morgan fingerprint density at radius 1 is 1.35 bits per heavy atom. The van der Waals surface area contributed by atoms with Crippen molar-refractivity contribution >= 4 is 27.9 Å². The maximum atomic E-state index is 11.5. The fraction of sp³-hybridized carbons (Fsp3) is 0.0667. The molecule has 2 aromatic rings. The number of aromatic nitrogens is 1. The Labute approximate surface area is 125 Å². The number of nitrogens with zero attached hydrogens (tertiary/aromatic N) is 2. The molecule has 1 aromatic heterocycles. The predicted molar refractivity (Wildman–Crippen MR) is 81.1 cm³/mol. The highest BCUT2D eigenvalue weighted by Crippen LogP contribution is 2.18. The number of carbonyl (C=O) groups excluding carboxylic acids is 1. The highest BCUT2D eigenvalue weighted by atomic mass is 79.9. The quantitative estimate of drug-likeness (QED) is 0.695. The van der Waals surface area contributed by atoms with Crippen molar-refractivity contribution in [2.75, 3.05) is 7.05 Å². The average molecular weight is 330 g/mol. The first-order chi connectivity index (χ1) is 9.65. The molecule has 1 aromatic carbocycles. The van der Waals surface area contributed by atoms with Crippen LogP contribution < -0.4 is 5.32 Å². The van der Waals surface area contributed by atoms with E-state index in [2.05, 4.69) is 21.2 Å². The molecule has 0 bridgehead atoms. The van der Waals surface area contributed by atoms with Gasteiger partial charge in [-0.2, -0.15) is 5.26 Å². The van der Waals surface area contributed by atoms with Gasteiger partial charge in [0.15, 0.2) is 0 Å². The molecule has 0 aliphatic rings. The fourth-order valence-corrected chi connectivity index (χ4v) is 2.04. The van der Waals surface area contributed by atoms with Gasteiger partial charge in [0.25, 0.3) is 5.91 Å². The lowest BCUT2D eigenvalue weighted by Gasteiger charge is -2.07. The largest absolute Gasteiger partial charge is 0.354 e. The van der Waals surface area contributed by atoms with Gasteiger partial charge in [-0.3, -0.25) is 4.79 Å². The second kappa shape index (κ2) is 6.22. The molecule has 0 unspecified atom stereocenters. The van der Waals surface area contributed by atoms with Crippen LogP contribution in [0.2, 0.25) is 0 Å². The van der Waals surface area contributed by atoms with Gasteiger partial charge in [-0.05, 0) is 42.5 Å². The summed E-state index contributed by atoms with van der Waals surface area (Å²) in [6.45, 7) is 0. The molecule has 1 N–H and O–H groups in total. The molecule has 0 saturated carbocycles. The Hall–Kier alpha value is -2.32. The third-order valence-electron chi connectivity index (χ3n) is 2.77. The molecule has 0 aliphatic carbocycles. The minimum absolute atomic E-state index is 0.0737. The number of hydrogen-bond donors (Lipinski definition) is 1. The van der Waals surface area contributed by atoms with Crippen molar-refractivity contribution in [2.45, 2.75) is 0 Å². The third-order valence-corrected chi connectivity index (χ3v) is 3.30. The number of halogens is 1. The minimum Gasteiger partial charge on any atom is -0.354 e. The maximum absolute atomic E-state index is 11.5. The summed E-state index contributed by atoms with van der Waals surface area (Å²) < 4.78 is 2.90. The highest BCUT2D eigenvalue weighted by molar-refractivity contribution is 9.10. The molecule has 0 fully saturated rings. The van der Waals surface area contributed by atoms with Gasteiger partial charge in [-0.15, -0.1) is 0 Å². The zero-order valence-electron chi connectivity index (χ0n) is 10.8. The summed E-state index contributed by atoms with van der Waals surface area (Å²) in [7, 11) is 1.50. The molecule has 1 amide bonds. The number of benzene rings is 1. The minimum atomic E-state index is -0.393. The molecule has 0 atom stereocenters. The molecule has 0 radical (unpaired) electrons. The zero-order valence-corrected chi connectivity index (χ0v) is 12.4. The van der Waals surface area contributed by atoms with E-state index in [1.165, 1.54) is 7.05 Å². The van der Waals surface area contributed by atoms with Gasteiger partial charge in [0.2, 0.25) is 0 Å². The summed E-state index contributed by atoms with van der Waals surface area (Å²) in [5, 5.41) is 11.5. The van der Waals surface area contributed by atoms with Crippen molar-refractivity contribution in [1.82, 2.24) is 9.88 Å². The van der Waals surface area contributed by atoms with Crippen molar-refractivity contribution in [3.05, 3.63) is 58.3 Å². The van der Waals surface area contributed by atoms with Gasteiger partial charge < -0.3 is 9.88 Å². The van der Waals surface area contributed by atoms with Crippen molar-refractivity contribution in [1.29, 1.82) is 5.26 Å². The van der Waals surface area contributed by atoms with E-state index in [0.717, 1.165) is 15.9 Å². The summed E-state index contributed by atoms with van der Waals surface area (Å²) in [5.74, 6) is -0.393. The van der Waals surface area contributed by atoms with Crippen LogP contribution in [0, 0.1) is 11.3 Å². The molecule has 0 saturated heterocycles. The van der Waals surface area contributed by atoms with Crippen LogP contribution >= 0.6 is 15.9 Å². The summed E-state index contributed by atoms with van der Waals surface area (Å²) in [6.07, 6.45) is 3.45. The summed E-state index contributed by atoms with van der Waals surface area (Å²) in [4.78, 5) is 11.5. The maximum Gasteiger partial charge on any atom is 0.261 e. The molecule has 4 nitrogen and oxygen atoms in total. The molecular formula is C15H12BrN3O. The smallest absolute Gasteiger partial charge is 0.261 e. The topological polar surface area (TPSA) is 57.8 Å². The van der Waals surface area contributed by atoms with Crippen molar-refractivity contribution < 1.29 is 4.79 Å². The Morgan fingerprint density at radius 2 is 2.05 bits per heavy atom. The highest BCUT2D eigenvalue weighted by Gasteiger charge is 2.08. The molecule has 0 spiro atoms. The Kier molecular flexibility index (Phi) is 4.38. The van der Waals surface area contributed by atoms with Gasteiger partial charge >= 0.3 is 0 Å². The van der Waals surface area contributed by atoms with Crippen molar-refractivity contribution in [2.24, 2.45) is 0 Å². The van der Waals surface area contributed by atoms with E-state index in [1.54, 1.807) is 6.08 Å². The molecule has 2 rings (SSSR count). The first-order valence-corrected chi connectivity index (χ1v) is 6.72. The third kappa shape index (κ3) is 2.98. The first kappa shape index (κ1) is 14.1. The number of likely N-dealkylation sites (N-methyl/N-ethyl adjacent to an activating group) is 1. The second-order valence-electron chi connectivity index (χ2n) is 4.03. The second-order valence-corrected chi connectivity index (χ2v) is 4.94. The van der Waals surface area contributed by atoms with Crippen LogP contribution in [0.25, 0.3) is 11.8 Å². The molecule has 5 heteroatoms. The number of nitriles is 1. The van der Waals surface area contributed by atoms with Crippen LogP contribution in [-0.4, -0.2) is 17.5 Å². The lowest BCUT2D eigenvalue weighted by molar-refractivity contribution is -0.116. The van der Waals surface area contributed by atoms with E-state index < -0.39 is 5.91 Å².